The molecule has 3 fully saturated rings. The predicted octanol–water partition coefficient (Wildman–Crippen LogP) is 2.69. The summed E-state index contributed by atoms with van der Waals surface area (Å²) in [7, 11) is 0. The Labute approximate surface area is 350 Å². The number of aromatic nitrogens is 4. The third-order valence-corrected chi connectivity index (χ3v) is 8.44. The van der Waals surface area contributed by atoms with Crippen LogP contribution in [0.5, 0.6) is 0 Å². The highest BCUT2D eigenvalue weighted by molar-refractivity contribution is 9.08. The van der Waals surface area contributed by atoms with Gasteiger partial charge in [0.2, 0.25) is 17.7 Å². The first kappa shape index (κ1) is 47.7. The quantitative estimate of drug-likeness (QED) is 0.146. The molecule has 0 bridgehead atoms. The summed E-state index contributed by atoms with van der Waals surface area (Å²) in [6, 6.07) is 12.6. The number of nitrogen functional groups attached to an aromatic ring is 1. The van der Waals surface area contributed by atoms with Gasteiger partial charge >= 0.3 is 17.5 Å². The van der Waals surface area contributed by atoms with Crippen molar-refractivity contribution in [3.8, 4) is 0 Å². The number of ether oxygens (including phenoxy) is 3. The van der Waals surface area contributed by atoms with E-state index in [0.717, 1.165) is 22.3 Å². The van der Waals surface area contributed by atoms with E-state index < -0.39 is 14.8 Å². The first-order valence-electron chi connectivity index (χ1n) is 17.8. The van der Waals surface area contributed by atoms with E-state index in [-0.39, 0.29) is 55.0 Å². The van der Waals surface area contributed by atoms with Gasteiger partial charge in [0.05, 0.1) is 19.8 Å². The lowest BCUT2D eigenvalue weighted by Gasteiger charge is -2.26. The van der Waals surface area contributed by atoms with Gasteiger partial charge in [-0.2, -0.15) is 0 Å². The van der Waals surface area contributed by atoms with Gasteiger partial charge in [0.15, 0.2) is 0 Å². The Morgan fingerprint density at radius 3 is 1.43 bits per heavy atom. The number of nitrogens with one attached hydrogen (secondary N) is 1. The molecule has 320 valence electrons. The predicted molar refractivity (Wildman–Crippen MR) is 215 cm³/mol. The molecule has 3 aliphatic rings. The molecule has 3 N–H and O–H groups in total. The topological polar surface area (TPSA) is 304 Å². The van der Waals surface area contributed by atoms with Gasteiger partial charge in [0.1, 0.15) is 44.2 Å². The van der Waals surface area contributed by atoms with Crippen LogP contribution in [0.15, 0.2) is 73.3 Å². The Hall–Kier alpha value is -6.63. The van der Waals surface area contributed by atoms with Gasteiger partial charge in [-0.3, -0.25) is 14.4 Å². The molecule has 0 aliphatic carbocycles. The molecular weight excluding hydrogens is 858 g/mol. The number of hydrogen-bond acceptors (Lipinski definition) is 17. The highest BCUT2D eigenvalue weighted by Gasteiger charge is 2.20. The number of anilines is 1. The van der Waals surface area contributed by atoms with Crippen molar-refractivity contribution in [2.45, 2.75) is 25.3 Å². The summed E-state index contributed by atoms with van der Waals surface area (Å²) in [4.78, 5) is 80.4. The number of carbonyl (C=O) groups is 3. The molecule has 24 heteroatoms. The zero-order chi connectivity index (χ0) is 43.9. The lowest BCUT2D eigenvalue weighted by molar-refractivity contribution is -0.389. The summed E-state index contributed by atoms with van der Waals surface area (Å²) in [5.74, 6) is 0.0216. The van der Waals surface area contributed by atoms with Crippen LogP contribution >= 0.6 is 15.9 Å². The molecule has 7 rings (SSSR count). The van der Waals surface area contributed by atoms with Crippen LogP contribution in [-0.4, -0.2) is 122 Å². The Balaban J connectivity index is 0.000000206. The van der Waals surface area contributed by atoms with Gasteiger partial charge in [-0.05, 0) is 72.0 Å². The maximum atomic E-state index is 11.4. The Morgan fingerprint density at radius 1 is 0.650 bits per heavy atom. The van der Waals surface area contributed by atoms with Gasteiger partial charge in [-0.25, -0.2) is 4.98 Å². The van der Waals surface area contributed by atoms with Crippen LogP contribution < -0.4 is 11.1 Å². The Kier molecular flexibility index (Phi) is 20.4. The van der Waals surface area contributed by atoms with Crippen LogP contribution in [0.25, 0.3) is 0 Å². The second-order valence-corrected chi connectivity index (χ2v) is 12.9. The molecule has 0 radical (unpaired) electrons. The van der Waals surface area contributed by atoms with Crippen LogP contribution in [0.4, 0.5) is 23.3 Å². The van der Waals surface area contributed by atoms with E-state index in [9.17, 15) is 44.7 Å². The normalized spacial score (nSPS) is 14.5. The van der Waals surface area contributed by atoms with E-state index in [2.05, 4.69) is 41.2 Å². The Bertz CT molecular complexity index is 2000. The largest absolute Gasteiger partial charge is 0.384 e. The number of morpholine rings is 3. The number of amides is 3. The number of nitrogens with zero attached hydrogens (tertiary/aromatic N) is 9. The van der Waals surface area contributed by atoms with Crippen molar-refractivity contribution >= 4 is 56.9 Å². The highest BCUT2D eigenvalue weighted by Crippen LogP contribution is 2.12. The lowest BCUT2D eigenvalue weighted by atomic mass is 10.2. The molecule has 4 aromatic heterocycles. The van der Waals surface area contributed by atoms with Gasteiger partial charge < -0.3 is 65.4 Å². The fourth-order valence-corrected chi connectivity index (χ4v) is 5.01. The van der Waals surface area contributed by atoms with E-state index in [0.29, 0.717) is 63.7 Å². The summed E-state index contributed by atoms with van der Waals surface area (Å²) < 4.78 is 14.8. The number of halogens is 1. The summed E-state index contributed by atoms with van der Waals surface area (Å²) in [5, 5.41) is 33.9. The zero-order valence-electron chi connectivity index (χ0n) is 32.3. The summed E-state index contributed by atoms with van der Waals surface area (Å²) in [5.41, 5.74) is 9.08. The van der Waals surface area contributed by atoms with Gasteiger partial charge in [0.25, 0.3) is 0 Å². The van der Waals surface area contributed by atoms with Crippen LogP contribution in [0.1, 0.15) is 22.3 Å². The molecule has 0 atom stereocenters. The van der Waals surface area contributed by atoms with Crippen LogP contribution in [0.3, 0.4) is 0 Å². The second kappa shape index (κ2) is 25.7. The zero-order valence-corrected chi connectivity index (χ0v) is 33.9. The number of carbonyl (C=O) groups excluding carboxylic acids is 3. The minimum Gasteiger partial charge on any atom is -0.384 e. The fourth-order valence-electron chi connectivity index (χ4n) is 4.67. The Morgan fingerprint density at radius 2 is 1.10 bits per heavy atom. The lowest BCUT2D eigenvalue weighted by Crippen LogP contribution is -2.40. The average molecular weight is 901 g/mol. The minimum atomic E-state index is -0.552. The third-order valence-electron chi connectivity index (χ3n) is 7.79. The van der Waals surface area contributed by atoms with Crippen molar-refractivity contribution in [2.24, 2.45) is 0 Å². The molecule has 4 aromatic rings. The number of alkyl halides is 1. The number of hydrogen-bond donors (Lipinski definition) is 2. The molecular formula is C36H42BrN11O12. The molecule has 7 heterocycles. The van der Waals surface area contributed by atoms with Crippen LogP contribution in [0, 0.1) is 37.3 Å². The van der Waals surface area contributed by atoms with E-state index in [4.69, 9.17) is 19.9 Å². The van der Waals surface area contributed by atoms with Crippen molar-refractivity contribution < 1.29 is 43.4 Å². The average Bonchev–Trinajstić information content (AvgIpc) is 3.25. The molecule has 23 nitrogen and oxygen atoms in total. The maximum absolute atomic E-state index is 11.4. The molecule has 3 aliphatic heterocycles. The van der Waals surface area contributed by atoms with Gasteiger partial charge in [-0.15, -0.1) is 0 Å². The molecule has 0 spiro atoms. The van der Waals surface area contributed by atoms with Crippen LogP contribution in [0.2, 0.25) is 0 Å². The highest BCUT2D eigenvalue weighted by atomic mass is 79.9. The van der Waals surface area contributed by atoms with Gasteiger partial charge in [0, 0.05) is 73.6 Å². The number of rotatable bonds is 8. The molecule has 3 amide bonds. The SMILES string of the molecule is Cc1ccc([N+](=O)[O-])nc1.Nc1ccc(CN2CCOCC2=O)cn1.O=C1COCCN1.O=C1COCCN1Cc1ccc([N+](=O)[O-])nc1.O=[N+]([O-])c1ccc(CBr)cn1. The van der Waals surface area contributed by atoms with E-state index in [1.807, 2.05) is 13.0 Å². The number of aryl methyl sites for hydroxylation is 1. The van der Waals surface area contributed by atoms with Crippen molar-refractivity contribution in [2.75, 3.05) is 65.0 Å². The molecule has 0 unspecified atom stereocenters. The third kappa shape index (κ3) is 17.9. The van der Waals surface area contributed by atoms with Crippen molar-refractivity contribution in [3.63, 3.8) is 0 Å². The first-order valence-corrected chi connectivity index (χ1v) is 18.9. The second-order valence-electron chi connectivity index (χ2n) is 12.4. The fraction of sp³-hybridized carbons (Fsp3) is 0.361. The summed E-state index contributed by atoms with van der Waals surface area (Å²) in [6.45, 7) is 6.96. The van der Waals surface area contributed by atoms with E-state index in [1.165, 1.54) is 36.8 Å². The van der Waals surface area contributed by atoms with E-state index in [1.54, 1.807) is 40.3 Å². The molecule has 60 heavy (non-hydrogen) atoms. The number of nitro groups is 3. The van der Waals surface area contributed by atoms with Crippen molar-refractivity contribution in [1.29, 1.82) is 0 Å². The molecule has 3 saturated heterocycles. The maximum Gasteiger partial charge on any atom is 0.363 e. The minimum absolute atomic E-state index is 0.00810. The number of nitrogens with two attached hydrogens (primary N) is 1. The van der Waals surface area contributed by atoms with Gasteiger partial charge in [-0.1, -0.05) is 22.0 Å². The molecule has 0 saturated carbocycles. The molecule has 0 aromatic carbocycles. The standard InChI is InChI=1S/C10H11N3O4.C10H13N3O2.C6H5BrN2O2.C6H6N2O2.C4H7NO2/c14-10-7-17-4-3-12(10)6-8-1-2-9(11-5-8)13(15)16;11-9-2-1-8(5-12-9)6-13-3-4-15-7-10(13)14;7-3-5-1-2-6(8-4-5)9(10)11;1-5-2-3-6(7-4-5)8(9)10;6-4-3-7-2-1-5-4/h1-2,5H,3-4,6-7H2;1-2,5H,3-4,6-7H2,(H2,11,12);1-2,4H,3H2;2-4H,1H3;1-3H2,(H,5,6). The summed E-state index contributed by atoms with van der Waals surface area (Å²) in [6.07, 6.45) is 6.06. The van der Waals surface area contributed by atoms with Crippen LogP contribution in [-0.2, 0) is 47.0 Å². The first-order chi connectivity index (χ1) is 28.7. The monoisotopic (exact) mass is 899 g/mol. The van der Waals surface area contributed by atoms with E-state index >= 15 is 0 Å². The van der Waals surface area contributed by atoms with Crippen molar-refractivity contribution in [1.82, 2.24) is 35.1 Å². The smallest absolute Gasteiger partial charge is 0.363 e. The summed E-state index contributed by atoms with van der Waals surface area (Å²) >= 11 is 3.21. The van der Waals surface area contributed by atoms with Crippen molar-refractivity contribution in [3.05, 3.63) is 126 Å². The number of pyridine rings is 4.